The Bertz CT molecular complexity index is 1100. The number of ether oxygens (including phenoxy) is 1. The van der Waals surface area contributed by atoms with Crippen molar-refractivity contribution >= 4 is 33.4 Å². The van der Waals surface area contributed by atoms with E-state index in [1.165, 1.54) is 6.07 Å². The molecule has 31 heavy (non-hydrogen) atoms. The molecule has 0 unspecified atom stereocenters. The molecule has 0 aromatic heterocycles. The summed E-state index contributed by atoms with van der Waals surface area (Å²) >= 11 is 0. The van der Waals surface area contributed by atoms with Crippen LogP contribution in [0.1, 0.15) is 38.1 Å². The number of nitrogens with one attached hydrogen (secondary N) is 3. The molecule has 0 atom stereocenters. The fourth-order valence-electron chi connectivity index (χ4n) is 2.45. The fraction of sp³-hybridized carbons (Fsp3) is 0.300. The minimum atomic E-state index is -3.93. The maximum atomic E-state index is 14.2. The van der Waals surface area contributed by atoms with Crippen LogP contribution in [-0.2, 0) is 14.8 Å². The van der Waals surface area contributed by atoms with Crippen molar-refractivity contribution in [1.82, 2.24) is 4.72 Å². The van der Waals surface area contributed by atoms with E-state index < -0.39 is 44.8 Å². The van der Waals surface area contributed by atoms with Crippen LogP contribution in [0.5, 0.6) is 0 Å². The molecule has 11 heteroatoms. The molecular formula is C20H23F2N3O5S. The monoisotopic (exact) mass is 455 g/mol. The molecule has 0 radical (unpaired) electrons. The van der Waals surface area contributed by atoms with E-state index in [1.807, 2.05) is 0 Å². The zero-order valence-corrected chi connectivity index (χ0v) is 18.2. The number of amides is 2. The smallest absolute Gasteiger partial charge is 0.412 e. The van der Waals surface area contributed by atoms with Gasteiger partial charge in [-0.05, 0) is 57.2 Å². The number of hydrogen-bond donors (Lipinski definition) is 3. The van der Waals surface area contributed by atoms with Crippen LogP contribution in [0, 0.1) is 11.6 Å². The molecule has 0 heterocycles. The number of rotatable bonds is 6. The Labute approximate surface area is 179 Å². The van der Waals surface area contributed by atoms with Crippen LogP contribution in [0.25, 0.3) is 0 Å². The van der Waals surface area contributed by atoms with Crippen molar-refractivity contribution in [1.29, 1.82) is 0 Å². The van der Waals surface area contributed by atoms with Crippen molar-refractivity contribution in [3.8, 4) is 0 Å². The van der Waals surface area contributed by atoms with Crippen LogP contribution in [0.15, 0.2) is 41.3 Å². The van der Waals surface area contributed by atoms with Crippen LogP contribution in [0.4, 0.5) is 25.0 Å². The summed E-state index contributed by atoms with van der Waals surface area (Å²) in [5, 5.41) is 4.66. The Morgan fingerprint density at radius 1 is 1.00 bits per heavy atom. The van der Waals surface area contributed by atoms with Crippen molar-refractivity contribution in [3.63, 3.8) is 0 Å². The quantitative estimate of drug-likeness (QED) is 0.612. The van der Waals surface area contributed by atoms with Gasteiger partial charge < -0.3 is 10.1 Å². The number of sulfonamides is 1. The average molecular weight is 455 g/mol. The fourth-order valence-corrected chi connectivity index (χ4v) is 3.52. The number of benzene rings is 2. The molecule has 2 rings (SSSR count). The maximum Gasteiger partial charge on any atom is 0.412 e. The molecule has 3 N–H and O–H groups in total. The summed E-state index contributed by atoms with van der Waals surface area (Å²) in [5.74, 6) is -2.75. The number of anilines is 2. The molecule has 0 aliphatic heterocycles. The van der Waals surface area contributed by atoms with E-state index in [9.17, 15) is 26.8 Å². The first-order valence-corrected chi connectivity index (χ1v) is 10.7. The molecule has 8 nitrogen and oxygen atoms in total. The molecule has 0 spiro atoms. The van der Waals surface area contributed by atoms with Crippen LogP contribution < -0.4 is 15.4 Å². The van der Waals surface area contributed by atoms with Crippen molar-refractivity contribution in [2.24, 2.45) is 0 Å². The molecule has 0 aliphatic rings. The summed E-state index contributed by atoms with van der Waals surface area (Å²) in [6.07, 6.45) is -0.848. The summed E-state index contributed by atoms with van der Waals surface area (Å²) in [6.45, 7) is 6.62. The van der Waals surface area contributed by atoms with E-state index in [1.54, 1.807) is 27.7 Å². The summed E-state index contributed by atoms with van der Waals surface area (Å²) in [5.41, 5.74) is -1.54. The third kappa shape index (κ3) is 6.72. The molecule has 168 valence electrons. The predicted octanol–water partition coefficient (Wildman–Crippen LogP) is 3.86. The van der Waals surface area contributed by atoms with Gasteiger partial charge in [0, 0.05) is 6.54 Å². The minimum absolute atomic E-state index is 0.000772. The van der Waals surface area contributed by atoms with E-state index in [-0.39, 0.29) is 22.8 Å². The zero-order valence-electron chi connectivity index (χ0n) is 17.4. The lowest BCUT2D eigenvalue weighted by Gasteiger charge is -2.20. The highest BCUT2D eigenvalue weighted by Crippen LogP contribution is 2.25. The Kier molecular flexibility index (Phi) is 7.34. The lowest BCUT2D eigenvalue weighted by atomic mass is 10.2. The predicted molar refractivity (Wildman–Crippen MR) is 111 cm³/mol. The van der Waals surface area contributed by atoms with Crippen LogP contribution in [0.2, 0.25) is 0 Å². The SMILES string of the molecule is CCNS(=O)(=O)c1ccc(F)c(C(=O)Nc2cc(F)ccc2NC(=O)OC(C)(C)C)c1. The normalized spacial score (nSPS) is 11.7. The number of hydrogen-bond acceptors (Lipinski definition) is 5. The Morgan fingerprint density at radius 2 is 1.68 bits per heavy atom. The summed E-state index contributed by atoms with van der Waals surface area (Å²) < 4.78 is 59.6. The first-order chi connectivity index (χ1) is 14.3. The van der Waals surface area contributed by atoms with Gasteiger partial charge in [-0.1, -0.05) is 6.92 Å². The second-order valence-electron chi connectivity index (χ2n) is 7.41. The van der Waals surface area contributed by atoms with Crippen molar-refractivity contribution in [2.45, 2.75) is 38.2 Å². The molecule has 2 amide bonds. The van der Waals surface area contributed by atoms with Gasteiger partial charge >= 0.3 is 6.09 Å². The van der Waals surface area contributed by atoms with Gasteiger partial charge in [0.2, 0.25) is 10.0 Å². The van der Waals surface area contributed by atoms with Gasteiger partial charge in [-0.2, -0.15) is 0 Å². The van der Waals surface area contributed by atoms with Crippen molar-refractivity contribution in [2.75, 3.05) is 17.2 Å². The standard InChI is InChI=1S/C20H23F2N3O5S/c1-5-23-31(28,29)13-7-8-15(22)14(11-13)18(26)24-17-10-12(21)6-9-16(17)25-19(27)30-20(2,3)4/h6-11,23H,5H2,1-4H3,(H,24,26)(H,25,27). The number of halogens is 2. The molecule has 0 fully saturated rings. The maximum absolute atomic E-state index is 14.2. The first kappa shape index (κ1) is 24.2. The first-order valence-electron chi connectivity index (χ1n) is 9.22. The van der Waals surface area contributed by atoms with E-state index in [4.69, 9.17) is 4.74 Å². The zero-order chi connectivity index (χ0) is 23.4. The third-order valence-electron chi connectivity index (χ3n) is 3.69. The van der Waals surface area contributed by atoms with Crippen LogP contribution in [0.3, 0.4) is 0 Å². The Hall–Kier alpha value is -3.05. The molecule has 0 aliphatic carbocycles. The molecule has 2 aromatic rings. The van der Waals surface area contributed by atoms with Gasteiger partial charge in [0.25, 0.3) is 5.91 Å². The van der Waals surface area contributed by atoms with Crippen molar-refractivity contribution < 1.29 is 31.5 Å². The average Bonchev–Trinajstić information content (AvgIpc) is 2.62. The highest BCUT2D eigenvalue weighted by molar-refractivity contribution is 7.89. The lowest BCUT2D eigenvalue weighted by molar-refractivity contribution is 0.0635. The minimum Gasteiger partial charge on any atom is -0.444 e. The third-order valence-corrected chi connectivity index (χ3v) is 5.24. The van der Waals surface area contributed by atoms with Crippen molar-refractivity contribution in [3.05, 3.63) is 53.6 Å². The van der Waals surface area contributed by atoms with E-state index in [0.717, 1.165) is 30.3 Å². The van der Waals surface area contributed by atoms with Gasteiger partial charge in [0.15, 0.2) is 0 Å². The van der Waals surface area contributed by atoms with Crippen LogP contribution in [-0.4, -0.2) is 32.6 Å². The lowest BCUT2D eigenvalue weighted by Crippen LogP contribution is -2.27. The largest absolute Gasteiger partial charge is 0.444 e. The molecular weight excluding hydrogens is 432 g/mol. The second kappa shape index (κ2) is 9.40. The second-order valence-corrected chi connectivity index (χ2v) is 9.18. The van der Waals surface area contributed by atoms with Gasteiger partial charge in [-0.25, -0.2) is 26.7 Å². The number of carbonyl (C=O) groups is 2. The van der Waals surface area contributed by atoms with Gasteiger partial charge in [0.1, 0.15) is 17.2 Å². The van der Waals surface area contributed by atoms with E-state index in [0.29, 0.717) is 0 Å². The Morgan fingerprint density at radius 3 is 2.29 bits per heavy atom. The summed E-state index contributed by atoms with van der Waals surface area (Å²) in [6, 6.07) is 5.88. The van der Waals surface area contributed by atoms with Gasteiger partial charge in [-0.15, -0.1) is 0 Å². The molecule has 2 aromatic carbocycles. The highest BCUT2D eigenvalue weighted by Gasteiger charge is 2.21. The topological polar surface area (TPSA) is 114 Å². The summed E-state index contributed by atoms with van der Waals surface area (Å²) in [4.78, 5) is 24.3. The van der Waals surface area contributed by atoms with Gasteiger partial charge in [-0.3, -0.25) is 10.1 Å². The molecule has 0 saturated heterocycles. The Balaban J connectivity index is 2.34. The van der Waals surface area contributed by atoms with E-state index >= 15 is 0 Å². The number of carbonyl (C=O) groups excluding carboxylic acids is 2. The highest BCUT2D eigenvalue weighted by atomic mass is 32.2. The summed E-state index contributed by atoms with van der Waals surface area (Å²) in [7, 11) is -3.93. The molecule has 0 saturated carbocycles. The van der Waals surface area contributed by atoms with Gasteiger partial charge in [0.05, 0.1) is 21.8 Å². The molecule has 0 bridgehead atoms. The van der Waals surface area contributed by atoms with Crippen LogP contribution >= 0.6 is 0 Å². The van der Waals surface area contributed by atoms with E-state index in [2.05, 4.69) is 15.4 Å².